The average molecular weight is 776 g/mol. The van der Waals surface area contributed by atoms with Crippen LogP contribution in [0.25, 0.3) is 22.5 Å². The molecular formula is C30H28ClF4IrN4Si. The normalized spacial score (nSPS) is 10.3. The monoisotopic (exact) mass is 776 g/mol. The van der Waals surface area contributed by atoms with Crippen LogP contribution in [0.2, 0.25) is 19.6 Å². The summed E-state index contributed by atoms with van der Waals surface area (Å²) in [5.74, 6) is -2.56. The Balaban J connectivity index is 0.000000215. The summed E-state index contributed by atoms with van der Waals surface area (Å²) in [6, 6.07) is 16.0. The van der Waals surface area contributed by atoms with Crippen LogP contribution in [0.1, 0.15) is 11.1 Å². The summed E-state index contributed by atoms with van der Waals surface area (Å²) in [5.41, 5.74) is 3.26. The topological polar surface area (TPSA) is 43.6 Å². The van der Waals surface area contributed by atoms with Gasteiger partial charge >= 0.3 is 27.5 Å². The first-order valence-electron chi connectivity index (χ1n) is 12.1. The van der Waals surface area contributed by atoms with E-state index >= 15 is 0 Å². The first-order chi connectivity index (χ1) is 19.4. The van der Waals surface area contributed by atoms with Crippen LogP contribution in [0.15, 0.2) is 79.6 Å². The van der Waals surface area contributed by atoms with Crippen LogP contribution in [0.4, 0.5) is 17.6 Å². The molecule has 0 N–H and O–H groups in total. The van der Waals surface area contributed by atoms with Crippen molar-refractivity contribution in [1.29, 1.82) is 0 Å². The molecule has 0 spiro atoms. The number of pyridine rings is 2. The molecule has 216 valence electrons. The van der Waals surface area contributed by atoms with Crippen molar-refractivity contribution in [3.05, 3.63) is 126 Å². The number of nitrogens with zero attached hydrogens (tertiary/aromatic N) is 4. The zero-order valence-electron chi connectivity index (χ0n) is 23.0. The molecule has 0 saturated heterocycles. The van der Waals surface area contributed by atoms with E-state index in [4.69, 9.17) is 0 Å². The molecule has 0 aliphatic heterocycles. The Morgan fingerprint density at radius 3 is 1.46 bits per heavy atom. The number of aryl methyl sites for hydroxylation is 2. The van der Waals surface area contributed by atoms with Gasteiger partial charge in [-0.3, -0.25) is 17.6 Å². The third-order valence-electron chi connectivity index (χ3n) is 5.34. The van der Waals surface area contributed by atoms with Gasteiger partial charge in [-0.1, -0.05) is 66.2 Å². The van der Waals surface area contributed by atoms with E-state index in [1.165, 1.54) is 17.9 Å². The van der Waals surface area contributed by atoms with Crippen molar-refractivity contribution in [3.8, 4) is 22.5 Å². The standard InChI is InChI=1S/2C12H8F2N.C6H12N2Si.ClH.Ir/c2*1-8-4-5-15-12(6-8)10-3-2-9(13)7-11(10)14;1-9(2,3)8-5-4-7-6-8;;/h2*2,4-7H,1H3;4-6H,1-3H3;1H;/q2*-1;;;+3/p-1. The summed E-state index contributed by atoms with van der Waals surface area (Å²) in [4.78, 5) is 12.0. The molecule has 3 aromatic heterocycles. The number of aromatic nitrogens is 4. The molecule has 0 unspecified atom stereocenters. The van der Waals surface area contributed by atoms with Gasteiger partial charge in [0.25, 0.3) is 0 Å². The van der Waals surface area contributed by atoms with Gasteiger partial charge in [-0.15, -0.1) is 24.3 Å². The van der Waals surface area contributed by atoms with Gasteiger partial charge in [-0.25, -0.2) is 4.98 Å². The Kier molecular flexibility index (Phi) is 13.5. The second kappa shape index (κ2) is 16.3. The fourth-order valence-corrected chi connectivity index (χ4v) is 4.21. The van der Waals surface area contributed by atoms with Crippen molar-refractivity contribution in [2.24, 2.45) is 0 Å². The predicted molar refractivity (Wildman–Crippen MR) is 153 cm³/mol. The SMILES string of the molecule is C[Si](C)(C)n1ccnc1.Cc1ccnc(-c2[c-]cc(F)cc2F)c1.Cc1ccnc(-c2[c-]cc(F)cc2F)c1.[Cl][Ir+2]. The van der Waals surface area contributed by atoms with E-state index in [0.29, 0.717) is 11.4 Å². The molecule has 0 amide bonds. The van der Waals surface area contributed by atoms with Gasteiger partial charge in [0.1, 0.15) is 0 Å². The van der Waals surface area contributed by atoms with Gasteiger partial charge < -0.3 is 14.2 Å². The molecule has 0 aliphatic rings. The molecule has 0 atom stereocenters. The number of hydrogen-bond acceptors (Lipinski definition) is 3. The fraction of sp³-hybridized carbons (Fsp3) is 0.167. The molecule has 0 fully saturated rings. The molecule has 11 heteroatoms. The summed E-state index contributed by atoms with van der Waals surface area (Å²) < 4.78 is 54.2. The Bertz CT molecular complexity index is 1440. The Hall–Kier alpha value is -3.17. The van der Waals surface area contributed by atoms with Crippen molar-refractivity contribution in [2.45, 2.75) is 33.5 Å². The summed E-state index contributed by atoms with van der Waals surface area (Å²) >= 11 is 1.47. The average Bonchev–Trinajstić information content (AvgIpc) is 3.47. The summed E-state index contributed by atoms with van der Waals surface area (Å²) in [7, 11) is 3.51. The third kappa shape index (κ3) is 11.0. The number of rotatable bonds is 3. The van der Waals surface area contributed by atoms with E-state index in [2.05, 4.69) is 60.5 Å². The summed E-state index contributed by atoms with van der Waals surface area (Å²) in [5, 5.41) is 0. The van der Waals surface area contributed by atoms with Crippen molar-refractivity contribution >= 4 is 17.8 Å². The summed E-state index contributed by atoms with van der Waals surface area (Å²) in [6.45, 7) is 10.6. The van der Waals surface area contributed by atoms with Crippen LogP contribution < -0.4 is 0 Å². The van der Waals surface area contributed by atoms with Crippen molar-refractivity contribution in [3.63, 3.8) is 0 Å². The molecule has 41 heavy (non-hydrogen) atoms. The molecule has 3 heterocycles. The Labute approximate surface area is 253 Å². The minimum atomic E-state index is -1.13. The van der Waals surface area contributed by atoms with E-state index < -0.39 is 31.5 Å². The van der Waals surface area contributed by atoms with Gasteiger partial charge in [0.05, 0.1) is 6.33 Å². The number of halogens is 5. The predicted octanol–water partition coefficient (Wildman–Crippen LogP) is 8.52. The maximum absolute atomic E-state index is 13.4. The van der Waals surface area contributed by atoms with E-state index in [-0.39, 0.29) is 11.1 Å². The second-order valence-corrected chi connectivity index (χ2v) is 14.5. The van der Waals surface area contributed by atoms with Crippen molar-refractivity contribution in [2.75, 3.05) is 0 Å². The molecule has 5 aromatic rings. The quantitative estimate of drug-likeness (QED) is 0.105. The molecular weight excluding hydrogens is 748 g/mol. The molecule has 4 nitrogen and oxygen atoms in total. The van der Waals surface area contributed by atoms with Gasteiger partial charge in [0, 0.05) is 48.1 Å². The number of imidazole rings is 1. The minimum absolute atomic E-state index is 0.195. The van der Waals surface area contributed by atoms with E-state index in [9.17, 15) is 17.6 Å². The third-order valence-corrected chi connectivity index (χ3v) is 7.15. The zero-order valence-corrected chi connectivity index (χ0v) is 27.2. The molecule has 5 rings (SSSR count). The summed E-state index contributed by atoms with van der Waals surface area (Å²) in [6.07, 6.45) is 8.93. The second-order valence-electron chi connectivity index (χ2n) is 9.66. The van der Waals surface area contributed by atoms with Crippen LogP contribution in [-0.2, 0) is 17.9 Å². The molecule has 2 aromatic carbocycles. The van der Waals surface area contributed by atoms with Gasteiger partial charge in [-0.2, -0.15) is 0 Å². The van der Waals surface area contributed by atoms with E-state index in [0.717, 1.165) is 35.4 Å². The van der Waals surface area contributed by atoms with E-state index in [1.807, 2.05) is 44.7 Å². The number of hydrogen-bond donors (Lipinski definition) is 0. The van der Waals surface area contributed by atoms with Crippen LogP contribution in [0.5, 0.6) is 0 Å². The fourth-order valence-electron chi connectivity index (χ4n) is 3.28. The van der Waals surface area contributed by atoms with Crippen molar-refractivity contribution in [1.82, 2.24) is 19.2 Å². The Morgan fingerprint density at radius 1 is 0.732 bits per heavy atom. The molecule has 0 bridgehead atoms. The van der Waals surface area contributed by atoms with Gasteiger partial charge in [0.2, 0.25) is 0 Å². The molecule has 0 aliphatic carbocycles. The molecule has 0 radical (unpaired) electrons. The zero-order chi connectivity index (χ0) is 30.6. The van der Waals surface area contributed by atoms with E-state index in [1.54, 1.807) is 24.5 Å². The Morgan fingerprint density at radius 2 is 1.17 bits per heavy atom. The van der Waals surface area contributed by atoms with Gasteiger partial charge in [0.15, 0.2) is 8.24 Å². The van der Waals surface area contributed by atoms with Crippen LogP contribution >= 0.6 is 9.58 Å². The van der Waals surface area contributed by atoms with Crippen LogP contribution in [0.3, 0.4) is 0 Å². The van der Waals surface area contributed by atoms with Crippen molar-refractivity contribution < 1.29 is 35.5 Å². The molecule has 0 saturated carbocycles. The maximum atomic E-state index is 13.4. The first-order valence-corrected chi connectivity index (χ1v) is 18.6. The van der Waals surface area contributed by atoms with Crippen LogP contribution in [0, 0.1) is 49.2 Å². The van der Waals surface area contributed by atoms with Crippen LogP contribution in [-0.4, -0.2) is 27.4 Å². The van der Waals surface area contributed by atoms with Gasteiger partial charge in [-0.05, 0) is 37.4 Å². The number of benzene rings is 2. The first kappa shape index (κ1) is 34.0.